The van der Waals surface area contributed by atoms with Gasteiger partial charge in [-0.2, -0.15) is 8.42 Å². The van der Waals surface area contributed by atoms with E-state index in [1.807, 2.05) is 30.3 Å². The first kappa shape index (κ1) is 21.4. The van der Waals surface area contributed by atoms with Crippen molar-refractivity contribution in [1.29, 1.82) is 0 Å². The van der Waals surface area contributed by atoms with Crippen LogP contribution < -0.4 is 0 Å². The van der Waals surface area contributed by atoms with E-state index in [4.69, 9.17) is 4.55 Å². The van der Waals surface area contributed by atoms with E-state index in [1.165, 1.54) is 11.1 Å². The zero-order chi connectivity index (χ0) is 20.9. The summed E-state index contributed by atoms with van der Waals surface area (Å²) < 4.78 is 35.4. The van der Waals surface area contributed by atoms with Gasteiger partial charge in [-0.05, 0) is 36.8 Å². The number of aryl methyl sites for hydroxylation is 1. The molecule has 0 fully saturated rings. The molecule has 0 aliphatic rings. The van der Waals surface area contributed by atoms with Crippen LogP contribution in [-0.2, 0) is 43.6 Å². The van der Waals surface area contributed by atoms with Crippen molar-refractivity contribution in [2.75, 3.05) is 0 Å². The summed E-state index contributed by atoms with van der Waals surface area (Å²) in [5, 5.41) is 9.64. The highest BCUT2D eigenvalue weighted by Crippen LogP contribution is 2.27. The van der Waals surface area contributed by atoms with Gasteiger partial charge in [-0.15, -0.1) is 0 Å². The molecule has 5 nitrogen and oxygen atoms in total. The van der Waals surface area contributed by atoms with Crippen molar-refractivity contribution in [3.63, 3.8) is 0 Å². The highest BCUT2D eigenvalue weighted by molar-refractivity contribution is 7.95. The molecule has 0 amide bonds. The monoisotopic (exact) mass is 431 g/mol. The lowest BCUT2D eigenvalue weighted by Crippen LogP contribution is -2.12. The first-order valence-corrected chi connectivity index (χ1v) is 11.9. The number of hydrogen-bond acceptors (Lipinski definition) is 4. The number of benzene rings is 3. The molecule has 2 N–H and O–H groups in total. The van der Waals surface area contributed by atoms with Gasteiger partial charge in [-0.25, -0.2) is 4.18 Å². The second-order valence-electron chi connectivity index (χ2n) is 6.72. The smallest absolute Gasteiger partial charge is 0.397 e. The summed E-state index contributed by atoms with van der Waals surface area (Å²) in [7, 11) is -4.72. The zero-order valence-corrected chi connectivity index (χ0v) is 17.6. The molecule has 3 aromatic rings. The molecule has 1 atom stereocenters. The van der Waals surface area contributed by atoms with E-state index in [2.05, 4.69) is 35.4 Å². The second-order valence-corrected chi connectivity index (χ2v) is 9.85. The van der Waals surface area contributed by atoms with Gasteiger partial charge < -0.3 is 5.11 Å². The molecule has 1 unspecified atom stereocenters. The number of phenols is 1. The predicted molar refractivity (Wildman–Crippen MR) is 115 cm³/mol. The lowest BCUT2D eigenvalue weighted by Gasteiger charge is -2.12. The van der Waals surface area contributed by atoms with Crippen LogP contribution in [0.3, 0.4) is 0 Å². The van der Waals surface area contributed by atoms with Crippen molar-refractivity contribution < 1.29 is 22.3 Å². The van der Waals surface area contributed by atoms with Gasteiger partial charge in [-0.1, -0.05) is 54.1 Å². The van der Waals surface area contributed by atoms with Crippen molar-refractivity contribution in [3.8, 4) is 5.75 Å². The standard InChI is InChI=1S/C22H22O5S2/c1-17-6-8-18(9-7-17)15-28(22-12-10-21(23)11-13-22)16-20-5-3-2-4-19(20)14-27-29(24,25)26/h2-13H,14-16H2,1H3,(H-,23,24,25,26)/p+1. The number of aromatic hydroxyl groups is 1. The first-order chi connectivity index (χ1) is 13.8. The van der Waals surface area contributed by atoms with Crippen molar-refractivity contribution in [3.05, 3.63) is 95.1 Å². The fourth-order valence-electron chi connectivity index (χ4n) is 2.91. The Hall–Kier alpha value is -2.32. The highest BCUT2D eigenvalue weighted by Gasteiger charge is 2.25. The molecule has 0 aliphatic heterocycles. The van der Waals surface area contributed by atoms with Crippen LogP contribution in [0.5, 0.6) is 5.75 Å². The average Bonchev–Trinajstić information content (AvgIpc) is 2.68. The minimum Gasteiger partial charge on any atom is -0.508 e. The quantitative estimate of drug-likeness (QED) is 0.408. The van der Waals surface area contributed by atoms with Crippen LogP contribution in [0, 0.1) is 6.92 Å². The first-order valence-electron chi connectivity index (χ1n) is 9.01. The third-order valence-electron chi connectivity index (χ3n) is 4.44. The predicted octanol–water partition coefficient (Wildman–Crippen LogP) is 4.40. The largest absolute Gasteiger partial charge is 0.508 e. The third kappa shape index (κ3) is 6.61. The molecular formula is C22H23O5S2+. The minimum atomic E-state index is -4.50. The summed E-state index contributed by atoms with van der Waals surface area (Å²) in [5.41, 5.74) is 4.08. The van der Waals surface area contributed by atoms with Crippen molar-refractivity contribution in [1.82, 2.24) is 0 Å². The highest BCUT2D eigenvalue weighted by atomic mass is 32.3. The Labute approximate surface area is 174 Å². The van der Waals surface area contributed by atoms with Gasteiger partial charge in [0.25, 0.3) is 0 Å². The molecule has 0 radical (unpaired) electrons. The van der Waals surface area contributed by atoms with E-state index < -0.39 is 10.4 Å². The Balaban J connectivity index is 1.88. The van der Waals surface area contributed by atoms with E-state index in [1.54, 1.807) is 18.2 Å². The molecule has 29 heavy (non-hydrogen) atoms. The molecule has 0 bridgehead atoms. The lowest BCUT2D eigenvalue weighted by molar-refractivity contribution is 0.259. The van der Waals surface area contributed by atoms with E-state index in [0.29, 0.717) is 11.3 Å². The molecule has 7 heteroatoms. The third-order valence-corrected chi connectivity index (χ3v) is 7.14. The van der Waals surface area contributed by atoms with Crippen LogP contribution in [0.4, 0.5) is 0 Å². The summed E-state index contributed by atoms with van der Waals surface area (Å²) in [6.07, 6.45) is 0. The van der Waals surface area contributed by atoms with Crippen LogP contribution in [0.15, 0.2) is 77.7 Å². The van der Waals surface area contributed by atoms with Gasteiger partial charge >= 0.3 is 10.4 Å². The molecule has 0 spiro atoms. The van der Waals surface area contributed by atoms with Crippen LogP contribution in [-0.4, -0.2) is 18.1 Å². The normalized spacial score (nSPS) is 12.6. The zero-order valence-electron chi connectivity index (χ0n) is 16.0. The molecule has 0 saturated carbocycles. The molecule has 3 rings (SSSR count). The fourth-order valence-corrected chi connectivity index (χ4v) is 5.39. The minimum absolute atomic E-state index is 0.216. The Morgan fingerprint density at radius 1 is 0.862 bits per heavy atom. The average molecular weight is 432 g/mol. The Bertz CT molecular complexity index is 1050. The summed E-state index contributed by atoms with van der Waals surface area (Å²) in [5.74, 6) is 1.72. The summed E-state index contributed by atoms with van der Waals surface area (Å²) in [6, 6.07) is 23.0. The van der Waals surface area contributed by atoms with Crippen molar-refractivity contribution in [2.24, 2.45) is 0 Å². The van der Waals surface area contributed by atoms with E-state index in [-0.39, 0.29) is 23.3 Å². The topological polar surface area (TPSA) is 83.8 Å². The number of rotatable bonds is 8. The molecule has 0 aliphatic carbocycles. The van der Waals surface area contributed by atoms with Crippen molar-refractivity contribution in [2.45, 2.75) is 29.9 Å². The SMILES string of the molecule is Cc1ccc(C[S+](Cc2ccccc2COS(=O)(=O)O)c2ccc(O)cc2)cc1. The Morgan fingerprint density at radius 3 is 2.10 bits per heavy atom. The molecule has 152 valence electrons. The van der Waals surface area contributed by atoms with Crippen molar-refractivity contribution >= 4 is 21.3 Å². The van der Waals surface area contributed by atoms with Crippen LogP contribution in [0.1, 0.15) is 22.3 Å². The summed E-state index contributed by atoms with van der Waals surface area (Å²) in [4.78, 5) is 1.11. The van der Waals surface area contributed by atoms with E-state index >= 15 is 0 Å². The fraction of sp³-hybridized carbons (Fsp3) is 0.182. The van der Waals surface area contributed by atoms with Gasteiger partial charge in [-0.3, -0.25) is 4.55 Å². The number of phenolic OH excluding ortho intramolecular Hbond substituents is 1. The van der Waals surface area contributed by atoms with Gasteiger partial charge in [0, 0.05) is 22.0 Å². The van der Waals surface area contributed by atoms with Gasteiger partial charge in [0.1, 0.15) is 17.3 Å². The van der Waals surface area contributed by atoms with Gasteiger partial charge in [0.15, 0.2) is 4.90 Å². The maximum absolute atomic E-state index is 11.0. The number of hydrogen-bond donors (Lipinski definition) is 2. The van der Waals surface area contributed by atoms with Crippen LogP contribution >= 0.6 is 0 Å². The van der Waals surface area contributed by atoms with E-state index in [0.717, 1.165) is 16.2 Å². The summed E-state index contributed by atoms with van der Waals surface area (Å²) >= 11 is 0. The molecule has 3 aromatic carbocycles. The molecular weight excluding hydrogens is 408 g/mol. The maximum atomic E-state index is 11.0. The Morgan fingerprint density at radius 2 is 1.48 bits per heavy atom. The van der Waals surface area contributed by atoms with Crippen LogP contribution in [0.25, 0.3) is 0 Å². The maximum Gasteiger partial charge on any atom is 0.397 e. The Kier molecular flexibility index (Phi) is 6.97. The molecule has 0 saturated heterocycles. The van der Waals surface area contributed by atoms with Crippen LogP contribution in [0.2, 0.25) is 0 Å². The second kappa shape index (κ2) is 9.45. The van der Waals surface area contributed by atoms with E-state index in [9.17, 15) is 13.5 Å². The summed E-state index contributed by atoms with van der Waals surface area (Å²) in [6.45, 7) is 1.83. The molecule has 0 heterocycles. The van der Waals surface area contributed by atoms with Gasteiger partial charge in [0.05, 0.1) is 6.61 Å². The lowest BCUT2D eigenvalue weighted by atomic mass is 10.1. The van der Waals surface area contributed by atoms with Gasteiger partial charge in [0.2, 0.25) is 0 Å². The molecule has 0 aromatic heterocycles.